The summed E-state index contributed by atoms with van der Waals surface area (Å²) in [5.41, 5.74) is 4.40. The van der Waals surface area contributed by atoms with Crippen LogP contribution in [0.4, 0.5) is 4.79 Å². The number of hydrogen-bond donors (Lipinski definition) is 3. The number of benzene rings is 2. The fraction of sp³-hybridized carbons (Fsp3) is 0.452. The number of ether oxygens (including phenoxy) is 1. The normalized spacial score (nSPS) is 18.9. The molecule has 6 rings (SSSR count). The summed E-state index contributed by atoms with van der Waals surface area (Å²) in [5, 5.41) is 2.69. The van der Waals surface area contributed by atoms with E-state index in [1.54, 1.807) is 11.1 Å². The number of aromatic nitrogens is 4. The highest BCUT2D eigenvalue weighted by Gasteiger charge is 2.46. The van der Waals surface area contributed by atoms with Crippen LogP contribution in [0.2, 0.25) is 19.1 Å². The molecule has 55 heavy (non-hydrogen) atoms. The molecule has 290 valence electrons. The van der Waals surface area contributed by atoms with E-state index < -0.39 is 20.2 Å². The highest BCUT2D eigenvalue weighted by Crippen LogP contribution is 2.40. The lowest BCUT2D eigenvalue weighted by Gasteiger charge is -2.34. The van der Waals surface area contributed by atoms with E-state index in [1.807, 2.05) is 62.5 Å². The first-order valence-electron chi connectivity index (χ1n) is 19.4. The molecule has 13 heteroatoms. The Morgan fingerprint density at radius 3 is 2.29 bits per heavy atom. The van der Waals surface area contributed by atoms with E-state index in [0.29, 0.717) is 18.1 Å². The van der Waals surface area contributed by atoms with Crippen LogP contribution in [0, 0.1) is 17.8 Å². The van der Waals surface area contributed by atoms with E-state index in [-0.39, 0.29) is 35.9 Å². The van der Waals surface area contributed by atoms with Gasteiger partial charge in [0.25, 0.3) is 0 Å². The Kier molecular flexibility index (Phi) is 12.3. The summed E-state index contributed by atoms with van der Waals surface area (Å²) < 4.78 is 4.75. The van der Waals surface area contributed by atoms with Crippen molar-refractivity contribution in [2.24, 2.45) is 5.92 Å². The standard InChI is InChI=1S/C42H54N8O4Si/c1-8-48(9-2)37(31-14-11-10-12-15-31)41(52)50-27-55(6,7)26-35(50)39-44-25-33(46-39)30-20-17-29(18-21-30)19-22-32-24-43-38(45-32)34-16-13-23-49(34)40(51)36(28(3)4)47-42(53)54-5/h10-12,14-15,17-18,20-21,24-25,28,34-37H,8-9,13,16,23,26-27H2,1-7H3,(H,43,45)(H,44,46)(H,47,53)/t34-,35-,36-,37-/m0/s1. The quantitative estimate of drug-likeness (QED) is 0.118. The van der Waals surface area contributed by atoms with Crippen molar-refractivity contribution in [3.63, 3.8) is 0 Å². The van der Waals surface area contributed by atoms with Crippen LogP contribution in [0.5, 0.6) is 0 Å². The average Bonchev–Trinajstić information content (AvgIpc) is 4.01. The Balaban J connectivity index is 1.14. The maximum absolute atomic E-state index is 14.5. The van der Waals surface area contributed by atoms with Crippen molar-refractivity contribution in [1.82, 2.24) is 40.0 Å². The molecule has 3 N–H and O–H groups in total. The Morgan fingerprint density at radius 1 is 0.927 bits per heavy atom. The third-order valence-electron chi connectivity index (χ3n) is 10.8. The number of alkyl carbamates (subject to hydrolysis) is 1. The molecule has 12 nitrogen and oxygen atoms in total. The highest BCUT2D eigenvalue weighted by molar-refractivity contribution is 6.78. The Hall–Kier alpha value is -5.19. The SMILES string of the molecule is CCN(CC)[C@H](C(=O)N1C[Si](C)(C)C[C@H]1c1ncc(-c2ccc(C#Cc3cnc([C@@H]4CCCN4C(=O)[C@@H](NC(=O)OC)C(C)C)[nH]3)cc2)[nH]1)c1ccccc1. The van der Waals surface area contributed by atoms with Crippen LogP contribution < -0.4 is 5.32 Å². The molecule has 4 aromatic rings. The van der Waals surface area contributed by atoms with Crippen molar-refractivity contribution in [1.29, 1.82) is 0 Å². The van der Waals surface area contributed by atoms with Crippen molar-refractivity contribution in [3.05, 3.63) is 95.5 Å². The van der Waals surface area contributed by atoms with Crippen LogP contribution in [0.15, 0.2) is 67.0 Å². The lowest BCUT2D eigenvalue weighted by Crippen LogP contribution is -2.51. The fourth-order valence-electron chi connectivity index (χ4n) is 7.92. The molecule has 2 saturated heterocycles. The maximum Gasteiger partial charge on any atom is 0.407 e. The van der Waals surface area contributed by atoms with Crippen molar-refractivity contribution in [2.75, 3.05) is 32.9 Å². The van der Waals surface area contributed by atoms with Crippen LogP contribution in [0.3, 0.4) is 0 Å². The minimum Gasteiger partial charge on any atom is -0.453 e. The molecular formula is C42H54N8O4Si. The van der Waals surface area contributed by atoms with Crippen LogP contribution in [0.1, 0.15) is 87.1 Å². The molecule has 0 spiro atoms. The molecule has 0 aliphatic carbocycles. The molecule has 2 aliphatic heterocycles. The van der Waals surface area contributed by atoms with Crippen LogP contribution in [0.25, 0.3) is 11.3 Å². The minimum absolute atomic E-state index is 0.100. The number of carbonyl (C=O) groups excluding carboxylic acids is 3. The van der Waals surface area contributed by atoms with Gasteiger partial charge >= 0.3 is 6.09 Å². The molecule has 0 saturated carbocycles. The first-order chi connectivity index (χ1) is 26.4. The smallest absolute Gasteiger partial charge is 0.407 e. The van der Waals surface area contributed by atoms with Gasteiger partial charge in [-0.05, 0) is 67.1 Å². The van der Waals surface area contributed by atoms with E-state index in [4.69, 9.17) is 9.72 Å². The maximum atomic E-state index is 14.5. The zero-order valence-corrected chi connectivity index (χ0v) is 34.1. The molecule has 0 radical (unpaired) electrons. The zero-order valence-electron chi connectivity index (χ0n) is 33.1. The molecular weight excluding hydrogens is 709 g/mol. The number of H-pyrrole nitrogens is 2. The second kappa shape index (κ2) is 17.1. The largest absolute Gasteiger partial charge is 0.453 e. The van der Waals surface area contributed by atoms with Gasteiger partial charge in [-0.1, -0.05) is 89.2 Å². The number of rotatable bonds is 11. The molecule has 4 atom stereocenters. The summed E-state index contributed by atoms with van der Waals surface area (Å²) in [6, 6.07) is 17.8. The van der Waals surface area contributed by atoms with E-state index in [9.17, 15) is 14.4 Å². The first kappa shape index (κ1) is 39.5. The Morgan fingerprint density at radius 2 is 1.62 bits per heavy atom. The predicted octanol–water partition coefficient (Wildman–Crippen LogP) is 6.46. The second-order valence-corrected chi connectivity index (χ2v) is 20.7. The van der Waals surface area contributed by atoms with Crippen molar-refractivity contribution < 1.29 is 19.1 Å². The summed E-state index contributed by atoms with van der Waals surface area (Å²) >= 11 is 0. The van der Waals surface area contributed by atoms with Gasteiger partial charge in [0.2, 0.25) is 11.8 Å². The van der Waals surface area contributed by atoms with Crippen molar-refractivity contribution in [2.45, 2.75) is 83.8 Å². The second-order valence-electron chi connectivity index (χ2n) is 15.6. The average molecular weight is 763 g/mol. The number of nitrogens with one attached hydrogen (secondary N) is 3. The monoisotopic (exact) mass is 762 g/mol. The highest BCUT2D eigenvalue weighted by atomic mass is 28.3. The van der Waals surface area contributed by atoms with Gasteiger partial charge in [-0.3, -0.25) is 14.5 Å². The Labute approximate surface area is 325 Å². The van der Waals surface area contributed by atoms with Gasteiger partial charge in [0.1, 0.15) is 29.4 Å². The van der Waals surface area contributed by atoms with Crippen molar-refractivity contribution in [3.8, 4) is 23.1 Å². The van der Waals surface area contributed by atoms with E-state index >= 15 is 0 Å². The van der Waals surface area contributed by atoms with Crippen LogP contribution >= 0.6 is 0 Å². The Bertz CT molecular complexity index is 2010. The van der Waals surface area contributed by atoms with Crippen LogP contribution in [-0.2, 0) is 14.3 Å². The summed E-state index contributed by atoms with van der Waals surface area (Å²) in [6.45, 7) is 14.9. The predicted molar refractivity (Wildman–Crippen MR) is 215 cm³/mol. The first-order valence-corrected chi connectivity index (χ1v) is 22.8. The molecule has 2 aromatic carbocycles. The summed E-state index contributed by atoms with van der Waals surface area (Å²) in [7, 11) is -0.402. The van der Waals surface area contributed by atoms with Gasteiger partial charge in [-0.15, -0.1) is 0 Å². The third kappa shape index (κ3) is 8.87. The number of likely N-dealkylation sites (tertiary alicyclic amines) is 1. The number of nitrogens with zero attached hydrogens (tertiary/aromatic N) is 5. The summed E-state index contributed by atoms with van der Waals surface area (Å²) in [4.78, 5) is 62.3. The van der Waals surface area contributed by atoms with E-state index in [0.717, 1.165) is 66.4 Å². The minimum atomic E-state index is -1.69. The lowest BCUT2D eigenvalue weighted by molar-refractivity contribution is -0.138. The number of carbonyl (C=O) groups is 3. The summed E-state index contributed by atoms with van der Waals surface area (Å²) in [5.74, 6) is 7.80. The molecule has 3 amide bonds. The number of aromatic amines is 2. The number of likely N-dealkylation sites (N-methyl/N-ethyl adjacent to an activating group) is 1. The fourth-order valence-corrected chi connectivity index (χ4v) is 10.8. The molecule has 4 heterocycles. The third-order valence-corrected chi connectivity index (χ3v) is 13.5. The van der Waals surface area contributed by atoms with Gasteiger partial charge in [0, 0.05) is 18.3 Å². The van der Waals surface area contributed by atoms with Gasteiger partial charge < -0.3 is 29.8 Å². The topological polar surface area (TPSA) is 140 Å². The number of hydrogen-bond acceptors (Lipinski definition) is 7. The lowest BCUT2D eigenvalue weighted by atomic mass is 10.0. The number of amides is 3. The molecule has 2 fully saturated rings. The van der Waals surface area contributed by atoms with E-state index in [2.05, 4.69) is 81.0 Å². The number of methoxy groups -OCH3 is 1. The number of imidazole rings is 2. The summed E-state index contributed by atoms with van der Waals surface area (Å²) in [6.07, 6.45) is 5.34. The molecule has 2 aromatic heterocycles. The molecule has 0 unspecified atom stereocenters. The van der Waals surface area contributed by atoms with Gasteiger partial charge in [-0.25, -0.2) is 14.8 Å². The van der Waals surface area contributed by atoms with Crippen molar-refractivity contribution >= 4 is 26.0 Å². The molecule has 0 bridgehead atoms. The van der Waals surface area contributed by atoms with Gasteiger partial charge in [0.15, 0.2) is 0 Å². The van der Waals surface area contributed by atoms with E-state index in [1.165, 1.54) is 7.11 Å². The zero-order chi connectivity index (χ0) is 39.3. The van der Waals surface area contributed by atoms with Gasteiger partial charge in [-0.2, -0.15) is 0 Å². The van der Waals surface area contributed by atoms with Gasteiger partial charge in [0.05, 0.1) is 45.4 Å². The molecule has 2 aliphatic rings. The van der Waals surface area contributed by atoms with Crippen LogP contribution in [-0.4, -0.2) is 99.6 Å².